The van der Waals surface area contributed by atoms with E-state index in [2.05, 4.69) is 41.4 Å². The van der Waals surface area contributed by atoms with E-state index in [4.69, 9.17) is 5.11 Å². The van der Waals surface area contributed by atoms with Crippen molar-refractivity contribution in [3.8, 4) is 0 Å². The first-order chi connectivity index (χ1) is 9.67. The topological polar surface area (TPSA) is 70.1 Å². The minimum absolute atomic E-state index is 0.274. The normalized spacial score (nSPS) is 10.8. The Morgan fingerprint density at radius 1 is 1.05 bits per heavy atom. The Balaban J connectivity index is 2.60. The van der Waals surface area contributed by atoms with Crippen molar-refractivity contribution in [3.05, 3.63) is 11.9 Å². The summed E-state index contributed by atoms with van der Waals surface area (Å²) < 4.78 is 0. The standard InChI is InChI=1S/C15H28N4O/c1-4-8-16-13-11-14(17-9-6-5-7-10-20)19-15(18-13)12(2)3/h11-12,20H,4-10H2,1-3H3,(H2,16,17,18,19). The average Bonchev–Trinajstić information content (AvgIpc) is 2.44. The summed E-state index contributed by atoms with van der Waals surface area (Å²) in [7, 11) is 0. The number of nitrogens with zero attached hydrogens (tertiary/aromatic N) is 2. The largest absolute Gasteiger partial charge is 0.396 e. The molecule has 20 heavy (non-hydrogen) atoms. The molecule has 114 valence electrons. The summed E-state index contributed by atoms with van der Waals surface area (Å²) in [6.45, 7) is 8.41. The van der Waals surface area contributed by atoms with Crippen LogP contribution in [0.25, 0.3) is 0 Å². The predicted octanol–water partition coefficient (Wildman–Crippen LogP) is 3.00. The minimum atomic E-state index is 0.274. The maximum atomic E-state index is 8.75. The summed E-state index contributed by atoms with van der Waals surface area (Å²) in [5.41, 5.74) is 0. The molecule has 0 atom stereocenters. The van der Waals surface area contributed by atoms with Crippen LogP contribution in [0.1, 0.15) is 58.2 Å². The van der Waals surface area contributed by atoms with Gasteiger partial charge in [-0.05, 0) is 25.7 Å². The van der Waals surface area contributed by atoms with Crippen molar-refractivity contribution in [1.29, 1.82) is 0 Å². The third-order valence-corrected chi connectivity index (χ3v) is 2.96. The van der Waals surface area contributed by atoms with Crippen LogP contribution in [0.3, 0.4) is 0 Å². The van der Waals surface area contributed by atoms with E-state index in [9.17, 15) is 0 Å². The molecular formula is C15H28N4O. The summed E-state index contributed by atoms with van der Waals surface area (Å²) in [6.07, 6.45) is 4.02. The monoisotopic (exact) mass is 280 g/mol. The Bertz CT molecular complexity index is 382. The van der Waals surface area contributed by atoms with Gasteiger partial charge in [-0.25, -0.2) is 9.97 Å². The average molecular weight is 280 g/mol. The fraction of sp³-hybridized carbons (Fsp3) is 0.733. The molecule has 0 aliphatic rings. The van der Waals surface area contributed by atoms with Crippen molar-refractivity contribution in [2.24, 2.45) is 0 Å². The number of hydrogen-bond acceptors (Lipinski definition) is 5. The minimum Gasteiger partial charge on any atom is -0.396 e. The summed E-state index contributed by atoms with van der Waals surface area (Å²) in [6, 6.07) is 1.97. The van der Waals surface area contributed by atoms with E-state index in [0.717, 1.165) is 56.2 Å². The summed E-state index contributed by atoms with van der Waals surface area (Å²) >= 11 is 0. The van der Waals surface area contributed by atoms with Crippen molar-refractivity contribution in [3.63, 3.8) is 0 Å². The molecule has 5 heteroatoms. The van der Waals surface area contributed by atoms with Crippen LogP contribution in [-0.4, -0.2) is 34.8 Å². The van der Waals surface area contributed by atoms with Crippen LogP contribution in [0.15, 0.2) is 6.07 Å². The predicted molar refractivity (Wildman–Crippen MR) is 84.3 cm³/mol. The number of hydrogen-bond donors (Lipinski definition) is 3. The van der Waals surface area contributed by atoms with Crippen LogP contribution in [-0.2, 0) is 0 Å². The fourth-order valence-electron chi connectivity index (χ4n) is 1.79. The number of nitrogens with one attached hydrogen (secondary N) is 2. The fourth-order valence-corrected chi connectivity index (χ4v) is 1.79. The van der Waals surface area contributed by atoms with Crippen molar-refractivity contribution in [2.45, 2.75) is 52.4 Å². The Hall–Kier alpha value is -1.36. The molecule has 0 aliphatic heterocycles. The van der Waals surface area contributed by atoms with E-state index >= 15 is 0 Å². The van der Waals surface area contributed by atoms with Gasteiger partial charge in [-0.15, -0.1) is 0 Å². The van der Waals surface area contributed by atoms with Gasteiger partial charge in [0.1, 0.15) is 17.5 Å². The molecule has 1 aromatic heterocycles. The van der Waals surface area contributed by atoms with Gasteiger partial charge in [0.15, 0.2) is 0 Å². The Labute approximate surface area is 122 Å². The van der Waals surface area contributed by atoms with E-state index in [1.807, 2.05) is 6.07 Å². The molecule has 0 aliphatic carbocycles. The second-order valence-electron chi connectivity index (χ2n) is 5.29. The van der Waals surface area contributed by atoms with Gasteiger partial charge < -0.3 is 15.7 Å². The van der Waals surface area contributed by atoms with E-state index in [-0.39, 0.29) is 6.61 Å². The van der Waals surface area contributed by atoms with Crippen molar-refractivity contribution < 1.29 is 5.11 Å². The SMILES string of the molecule is CCCNc1cc(NCCCCCO)nc(C(C)C)n1. The smallest absolute Gasteiger partial charge is 0.135 e. The maximum absolute atomic E-state index is 8.75. The molecule has 0 spiro atoms. The molecule has 0 fully saturated rings. The first kappa shape index (κ1) is 16.7. The van der Waals surface area contributed by atoms with Crippen LogP contribution < -0.4 is 10.6 Å². The van der Waals surface area contributed by atoms with Gasteiger partial charge >= 0.3 is 0 Å². The van der Waals surface area contributed by atoms with Crippen LogP contribution >= 0.6 is 0 Å². The second kappa shape index (κ2) is 9.53. The summed E-state index contributed by atoms with van der Waals surface area (Å²) in [5, 5.41) is 15.4. The molecule has 0 bridgehead atoms. The van der Waals surface area contributed by atoms with E-state index in [0.29, 0.717) is 5.92 Å². The highest BCUT2D eigenvalue weighted by atomic mass is 16.2. The molecule has 5 nitrogen and oxygen atoms in total. The lowest BCUT2D eigenvalue weighted by atomic mass is 10.2. The van der Waals surface area contributed by atoms with Crippen molar-refractivity contribution >= 4 is 11.6 Å². The van der Waals surface area contributed by atoms with Crippen LogP contribution in [0.5, 0.6) is 0 Å². The molecular weight excluding hydrogens is 252 g/mol. The molecule has 0 unspecified atom stereocenters. The molecule has 3 N–H and O–H groups in total. The summed E-state index contributed by atoms with van der Waals surface area (Å²) in [5.74, 6) is 2.95. The van der Waals surface area contributed by atoms with Gasteiger partial charge in [0, 0.05) is 31.7 Å². The molecule has 1 aromatic rings. The van der Waals surface area contributed by atoms with Crippen molar-refractivity contribution in [2.75, 3.05) is 30.3 Å². The van der Waals surface area contributed by atoms with Gasteiger partial charge in [-0.1, -0.05) is 20.8 Å². The number of aliphatic hydroxyl groups is 1. The zero-order chi connectivity index (χ0) is 14.8. The molecule has 0 radical (unpaired) electrons. The van der Waals surface area contributed by atoms with E-state index < -0.39 is 0 Å². The van der Waals surface area contributed by atoms with Crippen LogP contribution in [0.4, 0.5) is 11.6 Å². The number of aromatic nitrogens is 2. The Morgan fingerprint density at radius 2 is 1.70 bits per heavy atom. The number of aliphatic hydroxyl groups excluding tert-OH is 1. The number of rotatable bonds is 10. The lowest BCUT2D eigenvalue weighted by Crippen LogP contribution is -2.10. The Morgan fingerprint density at radius 3 is 2.25 bits per heavy atom. The molecule has 0 amide bonds. The molecule has 0 saturated carbocycles. The Kier molecular flexibility index (Phi) is 7.95. The van der Waals surface area contributed by atoms with E-state index in [1.165, 1.54) is 0 Å². The lowest BCUT2D eigenvalue weighted by Gasteiger charge is -2.12. The number of anilines is 2. The van der Waals surface area contributed by atoms with E-state index in [1.54, 1.807) is 0 Å². The van der Waals surface area contributed by atoms with Gasteiger partial charge in [-0.2, -0.15) is 0 Å². The van der Waals surface area contributed by atoms with Gasteiger partial charge in [-0.3, -0.25) is 0 Å². The first-order valence-corrected chi connectivity index (χ1v) is 7.65. The quantitative estimate of drug-likeness (QED) is 0.575. The zero-order valence-corrected chi connectivity index (χ0v) is 12.9. The zero-order valence-electron chi connectivity index (χ0n) is 12.9. The van der Waals surface area contributed by atoms with Crippen LogP contribution in [0.2, 0.25) is 0 Å². The second-order valence-corrected chi connectivity index (χ2v) is 5.29. The molecule has 1 rings (SSSR count). The van der Waals surface area contributed by atoms with Gasteiger partial charge in [0.2, 0.25) is 0 Å². The third kappa shape index (κ3) is 6.19. The highest BCUT2D eigenvalue weighted by molar-refractivity contribution is 5.47. The third-order valence-electron chi connectivity index (χ3n) is 2.96. The first-order valence-electron chi connectivity index (χ1n) is 7.65. The molecule has 0 saturated heterocycles. The highest BCUT2D eigenvalue weighted by Crippen LogP contribution is 2.17. The highest BCUT2D eigenvalue weighted by Gasteiger charge is 2.07. The van der Waals surface area contributed by atoms with Gasteiger partial charge in [0.25, 0.3) is 0 Å². The van der Waals surface area contributed by atoms with Crippen LogP contribution in [0, 0.1) is 0 Å². The maximum Gasteiger partial charge on any atom is 0.135 e. The molecule has 1 heterocycles. The molecule has 0 aromatic carbocycles. The van der Waals surface area contributed by atoms with Crippen molar-refractivity contribution in [1.82, 2.24) is 9.97 Å². The number of unbranched alkanes of at least 4 members (excludes halogenated alkanes) is 2. The lowest BCUT2D eigenvalue weighted by molar-refractivity contribution is 0.283. The van der Waals surface area contributed by atoms with Gasteiger partial charge in [0.05, 0.1) is 0 Å². The summed E-state index contributed by atoms with van der Waals surface area (Å²) in [4.78, 5) is 9.08.